The van der Waals surface area contributed by atoms with Crippen molar-refractivity contribution >= 4 is 5.91 Å². The van der Waals surface area contributed by atoms with Gasteiger partial charge in [-0.15, -0.1) is 0 Å². The van der Waals surface area contributed by atoms with E-state index >= 15 is 0 Å². The van der Waals surface area contributed by atoms with Crippen molar-refractivity contribution in [2.75, 3.05) is 26.2 Å². The number of hydrogen-bond acceptors (Lipinski definition) is 4. The minimum atomic E-state index is 0.00226. The molecule has 1 aromatic rings. The Morgan fingerprint density at radius 2 is 2.16 bits per heavy atom. The number of aliphatic hydroxyl groups excluding tert-OH is 1. The van der Waals surface area contributed by atoms with Gasteiger partial charge in [0, 0.05) is 39.1 Å². The first-order valence-electron chi connectivity index (χ1n) is 6.93. The van der Waals surface area contributed by atoms with Crippen LogP contribution >= 0.6 is 0 Å². The lowest BCUT2D eigenvalue weighted by atomic mass is 10.3. The largest absolute Gasteiger partial charge is 0.390 e. The molecule has 2 aliphatic heterocycles. The molecule has 19 heavy (non-hydrogen) atoms. The molecule has 0 aliphatic carbocycles. The zero-order valence-corrected chi connectivity index (χ0v) is 11.1. The van der Waals surface area contributed by atoms with E-state index in [0.717, 1.165) is 57.1 Å². The SMILES string of the molecule is O=C1CCCN1CCN1CCn2nc(CO)cc2C1. The average Bonchev–Trinajstić information content (AvgIpc) is 3.01. The van der Waals surface area contributed by atoms with Crippen LogP contribution in [0.5, 0.6) is 0 Å². The second-order valence-electron chi connectivity index (χ2n) is 5.27. The van der Waals surface area contributed by atoms with Crippen molar-refractivity contribution < 1.29 is 9.90 Å². The first-order valence-corrected chi connectivity index (χ1v) is 6.93. The standard InChI is InChI=1S/C13H20N4O2/c18-10-11-8-12-9-15(5-7-17(12)14-11)4-6-16-3-1-2-13(16)19/h8,18H,1-7,9-10H2. The predicted octanol–water partition coefficient (Wildman–Crippen LogP) is -0.187. The topological polar surface area (TPSA) is 61.6 Å². The van der Waals surface area contributed by atoms with Gasteiger partial charge < -0.3 is 10.0 Å². The third-order valence-corrected chi connectivity index (χ3v) is 3.95. The molecule has 6 nitrogen and oxygen atoms in total. The number of nitrogens with zero attached hydrogens (tertiary/aromatic N) is 4. The van der Waals surface area contributed by atoms with E-state index in [1.54, 1.807) is 0 Å². The lowest BCUT2D eigenvalue weighted by Gasteiger charge is -2.29. The Morgan fingerprint density at radius 1 is 1.26 bits per heavy atom. The highest BCUT2D eigenvalue weighted by Gasteiger charge is 2.22. The van der Waals surface area contributed by atoms with Crippen LogP contribution in [0.1, 0.15) is 24.2 Å². The Hall–Kier alpha value is -1.40. The molecule has 0 aromatic carbocycles. The van der Waals surface area contributed by atoms with Crippen molar-refractivity contribution in [2.45, 2.75) is 32.5 Å². The van der Waals surface area contributed by atoms with Gasteiger partial charge >= 0.3 is 0 Å². The van der Waals surface area contributed by atoms with Crippen LogP contribution in [0.4, 0.5) is 0 Å². The summed E-state index contributed by atoms with van der Waals surface area (Å²) in [5.74, 6) is 0.296. The van der Waals surface area contributed by atoms with Gasteiger partial charge in [-0.05, 0) is 12.5 Å². The summed E-state index contributed by atoms with van der Waals surface area (Å²) in [5, 5.41) is 13.4. The van der Waals surface area contributed by atoms with Crippen LogP contribution in [0, 0.1) is 0 Å². The molecular weight excluding hydrogens is 244 g/mol. The van der Waals surface area contributed by atoms with Gasteiger partial charge in [0.15, 0.2) is 0 Å². The molecule has 1 fully saturated rings. The number of likely N-dealkylation sites (tertiary alicyclic amines) is 1. The number of aliphatic hydroxyl groups is 1. The van der Waals surface area contributed by atoms with E-state index in [1.165, 1.54) is 0 Å². The minimum Gasteiger partial charge on any atom is -0.390 e. The first kappa shape index (κ1) is 12.6. The molecule has 6 heteroatoms. The van der Waals surface area contributed by atoms with Crippen molar-refractivity contribution in [3.05, 3.63) is 17.5 Å². The fourth-order valence-electron chi connectivity index (χ4n) is 2.85. The lowest BCUT2D eigenvalue weighted by molar-refractivity contribution is -0.127. The lowest BCUT2D eigenvalue weighted by Crippen LogP contribution is -2.40. The predicted molar refractivity (Wildman–Crippen MR) is 69.2 cm³/mol. The van der Waals surface area contributed by atoms with E-state index in [4.69, 9.17) is 5.11 Å². The summed E-state index contributed by atoms with van der Waals surface area (Å²) in [5.41, 5.74) is 1.90. The highest BCUT2D eigenvalue weighted by Crippen LogP contribution is 2.15. The van der Waals surface area contributed by atoms with Gasteiger partial charge in [0.25, 0.3) is 0 Å². The van der Waals surface area contributed by atoms with Crippen LogP contribution in [-0.4, -0.2) is 56.8 Å². The molecule has 2 aliphatic rings. The van der Waals surface area contributed by atoms with Gasteiger partial charge in [0.1, 0.15) is 0 Å². The molecule has 1 N–H and O–H groups in total. The number of aromatic nitrogens is 2. The number of carbonyl (C=O) groups is 1. The number of hydrogen-bond donors (Lipinski definition) is 1. The van der Waals surface area contributed by atoms with E-state index in [2.05, 4.69) is 10.00 Å². The summed E-state index contributed by atoms with van der Waals surface area (Å²) >= 11 is 0. The summed E-state index contributed by atoms with van der Waals surface area (Å²) in [7, 11) is 0. The normalized spacial score (nSPS) is 20.1. The molecule has 1 saturated heterocycles. The van der Waals surface area contributed by atoms with Crippen molar-refractivity contribution in [3.8, 4) is 0 Å². The molecule has 0 radical (unpaired) electrons. The Morgan fingerprint density at radius 3 is 2.89 bits per heavy atom. The Balaban J connectivity index is 1.55. The molecule has 0 saturated carbocycles. The van der Waals surface area contributed by atoms with E-state index in [9.17, 15) is 4.79 Å². The average molecular weight is 264 g/mol. The second kappa shape index (κ2) is 5.30. The Bertz CT molecular complexity index is 471. The highest BCUT2D eigenvalue weighted by atomic mass is 16.3. The van der Waals surface area contributed by atoms with Crippen LogP contribution in [0.15, 0.2) is 6.07 Å². The zero-order chi connectivity index (χ0) is 13.2. The molecule has 0 atom stereocenters. The first-order chi connectivity index (χ1) is 9.26. The Labute approximate surface area is 112 Å². The van der Waals surface area contributed by atoms with Gasteiger partial charge in [-0.1, -0.05) is 0 Å². The summed E-state index contributed by atoms with van der Waals surface area (Å²) in [6.45, 7) is 5.35. The maximum atomic E-state index is 11.6. The third-order valence-electron chi connectivity index (χ3n) is 3.95. The summed E-state index contributed by atoms with van der Waals surface area (Å²) in [4.78, 5) is 15.9. The van der Waals surface area contributed by atoms with Gasteiger partial charge in [0.05, 0.1) is 24.5 Å². The molecule has 3 heterocycles. The summed E-state index contributed by atoms with van der Waals surface area (Å²) in [6, 6.07) is 1.97. The van der Waals surface area contributed by atoms with Gasteiger partial charge in [-0.2, -0.15) is 5.10 Å². The molecule has 1 aromatic heterocycles. The molecule has 0 spiro atoms. The Kier molecular flexibility index (Phi) is 3.52. The fourth-order valence-corrected chi connectivity index (χ4v) is 2.85. The molecule has 3 rings (SSSR count). The van der Waals surface area contributed by atoms with Crippen molar-refractivity contribution in [3.63, 3.8) is 0 Å². The molecule has 1 amide bonds. The second-order valence-corrected chi connectivity index (χ2v) is 5.27. The minimum absolute atomic E-state index is 0.00226. The van der Waals surface area contributed by atoms with Gasteiger partial charge in [-0.3, -0.25) is 14.4 Å². The van der Waals surface area contributed by atoms with Crippen molar-refractivity contribution in [2.24, 2.45) is 0 Å². The van der Waals surface area contributed by atoms with Gasteiger partial charge in [0.2, 0.25) is 5.91 Å². The number of fused-ring (bicyclic) bond motifs is 1. The van der Waals surface area contributed by atoms with Crippen molar-refractivity contribution in [1.29, 1.82) is 0 Å². The van der Waals surface area contributed by atoms with Crippen LogP contribution in [0.3, 0.4) is 0 Å². The third kappa shape index (κ3) is 2.64. The molecule has 104 valence electrons. The zero-order valence-electron chi connectivity index (χ0n) is 11.1. The maximum absolute atomic E-state index is 11.6. The van der Waals surface area contributed by atoms with E-state index in [1.807, 2.05) is 15.6 Å². The van der Waals surface area contributed by atoms with Crippen molar-refractivity contribution in [1.82, 2.24) is 19.6 Å². The van der Waals surface area contributed by atoms with Gasteiger partial charge in [-0.25, -0.2) is 0 Å². The monoisotopic (exact) mass is 264 g/mol. The molecule has 0 bridgehead atoms. The molecular formula is C13H20N4O2. The van der Waals surface area contributed by atoms with Crippen LogP contribution in [0.25, 0.3) is 0 Å². The number of amides is 1. The van der Waals surface area contributed by atoms with E-state index < -0.39 is 0 Å². The van der Waals surface area contributed by atoms with E-state index in [-0.39, 0.29) is 6.61 Å². The summed E-state index contributed by atoms with van der Waals surface area (Å²) < 4.78 is 1.98. The maximum Gasteiger partial charge on any atom is 0.222 e. The number of rotatable bonds is 4. The van der Waals surface area contributed by atoms with Crippen LogP contribution in [-0.2, 0) is 24.5 Å². The van der Waals surface area contributed by atoms with E-state index in [0.29, 0.717) is 12.3 Å². The highest BCUT2D eigenvalue weighted by molar-refractivity contribution is 5.78. The number of carbonyl (C=O) groups excluding carboxylic acids is 1. The fraction of sp³-hybridized carbons (Fsp3) is 0.692. The summed E-state index contributed by atoms with van der Waals surface area (Å²) in [6.07, 6.45) is 1.72. The molecule has 0 unspecified atom stereocenters. The van der Waals surface area contributed by atoms with Crippen LogP contribution < -0.4 is 0 Å². The van der Waals surface area contributed by atoms with Crippen LogP contribution in [0.2, 0.25) is 0 Å². The quantitative estimate of drug-likeness (QED) is 0.819. The smallest absolute Gasteiger partial charge is 0.222 e.